The van der Waals surface area contributed by atoms with Gasteiger partial charge in [-0.1, -0.05) is 76.0 Å². The maximum absolute atomic E-state index is 13.9. The van der Waals surface area contributed by atoms with Crippen LogP contribution in [0.15, 0.2) is 34.9 Å². The summed E-state index contributed by atoms with van der Waals surface area (Å²) in [6.45, 7) is 16.9. The average molecular weight is 590 g/mol. The lowest BCUT2D eigenvalue weighted by Crippen LogP contribution is -2.56. The second-order valence-corrected chi connectivity index (χ2v) is 13.0. The van der Waals surface area contributed by atoms with Crippen molar-refractivity contribution in [3.63, 3.8) is 0 Å². The van der Waals surface area contributed by atoms with Gasteiger partial charge in [-0.2, -0.15) is 10.3 Å². The van der Waals surface area contributed by atoms with E-state index in [1.807, 2.05) is 19.9 Å². The van der Waals surface area contributed by atoms with Gasteiger partial charge in [-0.15, -0.1) is 0 Å². The highest BCUT2D eigenvalue weighted by Gasteiger charge is 2.42. The minimum absolute atomic E-state index is 0.167. The molecule has 0 fully saturated rings. The van der Waals surface area contributed by atoms with Gasteiger partial charge in [0.05, 0.1) is 10.6 Å². The number of hydrogen-bond donors (Lipinski definition) is 0. The van der Waals surface area contributed by atoms with E-state index in [-0.39, 0.29) is 16.7 Å². The maximum Gasteiger partial charge on any atom is 0.290 e. The predicted octanol–water partition coefficient (Wildman–Crippen LogP) is 6.85. The normalized spacial score (nSPS) is 15.0. The molecular weight excluding hydrogens is 546 g/mol. The van der Waals surface area contributed by atoms with Gasteiger partial charge in [0.15, 0.2) is 5.13 Å². The summed E-state index contributed by atoms with van der Waals surface area (Å²) in [7, 11) is 1.39. The van der Waals surface area contributed by atoms with E-state index in [1.165, 1.54) is 18.4 Å². The number of carbonyl (C=O) groups excluding carboxylic acids is 3. The summed E-state index contributed by atoms with van der Waals surface area (Å²) < 4.78 is 0. The minimum atomic E-state index is -0.842. The van der Waals surface area contributed by atoms with Gasteiger partial charge in [-0.3, -0.25) is 14.4 Å². The molecule has 2 aromatic rings. The fourth-order valence-corrected chi connectivity index (χ4v) is 6.00. The van der Waals surface area contributed by atoms with Crippen molar-refractivity contribution in [3.8, 4) is 17.3 Å². The van der Waals surface area contributed by atoms with Crippen LogP contribution in [0.3, 0.4) is 0 Å². The quantitative estimate of drug-likeness (QED) is 0.222. The number of unbranched alkanes of at least 4 members (excludes halogenated alkanes) is 2. The number of rotatable bonds is 10. The first-order valence-electron chi connectivity index (χ1n) is 14.6. The monoisotopic (exact) mass is 589 g/mol. The van der Waals surface area contributed by atoms with Gasteiger partial charge in [-0.25, -0.2) is 9.99 Å². The number of anilines is 1. The van der Waals surface area contributed by atoms with Crippen molar-refractivity contribution >= 4 is 40.3 Å². The summed E-state index contributed by atoms with van der Waals surface area (Å²) in [6, 6.07) is 8.23. The number of nitriles is 1. The molecule has 1 aliphatic heterocycles. The van der Waals surface area contributed by atoms with Crippen molar-refractivity contribution in [1.82, 2.24) is 15.0 Å². The lowest BCUT2D eigenvalue weighted by Gasteiger charge is -2.36. The Morgan fingerprint density at radius 1 is 1.02 bits per heavy atom. The van der Waals surface area contributed by atoms with E-state index in [4.69, 9.17) is 4.98 Å². The van der Waals surface area contributed by atoms with E-state index in [0.29, 0.717) is 0 Å². The zero-order chi connectivity index (χ0) is 31.4. The molecule has 0 spiro atoms. The largest absolute Gasteiger partial charge is 0.348 e. The van der Waals surface area contributed by atoms with Gasteiger partial charge >= 0.3 is 0 Å². The lowest BCUT2D eigenvalue weighted by atomic mass is 9.93. The Kier molecular flexibility index (Phi) is 10.5. The molecule has 3 rings (SSSR count). The summed E-state index contributed by atoms with van der Waals surface area (Å²) in [5, 5.41) is 12.6. The summed E-state index contributed by atoms with van der Waals surface area (Å²) in [6.07, 6.45) is 5.94. The van der Waals surface area contributed by atoms with Crippen molar-refractivity contribution in [3.05, 3.63) is 50.9 Å². The van der Waals surface area contributed by atoms with Crippen LogP contribution in [0.4, 0.5) is 5.13 Å². The molecular formula is C33H43N5O3S. The van der Waals surface area contributed by atoms with Gasteiger partial charge in [0.25, 0.3) is 11.8 Å². The molecule has 3 amide bonds. The maximum atomic E-state index is 13.9. The van der Waals surface area contributed by atoms with Gasteiger partial charge in [-0.05, 0) is 57.4 Å². The van der Waals surface area contributed by atoms with Crippen LogP contribution in [-0.2, 0) is 14.4 Å². The highest BCUT2D eigenvalue weighted by molar-refractivity contribution is 7.17. The highest BCUT2D eigenvalue weighted by Crippen LogP contribution is 2.38. The first-order chi connectivity index (χ1) is 19.7. The van der Waals surface area contributed by atoms with E-state index in [1.54, 1.807) is 33.8 Å². The Hall–Kier alpha value is -3.77. The van der Waals surface area contributed by atoms with Crippen LogP contribution >= 0.6 is 11.3 Å². The third-order valence-electron chi connectivity index (χ3n) is 7.20. The minimum Gasteiger partial charge on any atom is -0.348 e. The Morgan fingerprint density at radius 2 is 1.60 bits per heavy atom. The second-order valence-electron chi connectivity index (χ2n) is 12.0. The summed E-state index contributed by atoms with van der Waals surface area (Å²) in [5.74, 6) is -1.87. The van der Waals surface area contributed by atoms with E-state index in [0.717, 1.165) is 81.2 Å². The fourth-order valence-electron chi connectivity index (χ4n) is 4.92. The third kappa shape index (κ3) is 6.99. The van der Waals surface area contributed by atoms with Crippen LogP contribution in [-0.4, -0.2) is 52.9 Å². The van der Waals surface area contributed by atoms with Crippen LogP contribution in [0, 0.1) is 30.6 Å². The average Bonchev–Trinajstić information content (AvgIpc) is 3.33. The third-order valence-corrected chi connectivity index (χ3v) is 8.26. The zero-order valence-electron chi connectivity index (χ0n) is 26.4. The molecule has 9 heteroatoms. The molecule has 0 aliphatic carbocycles. The number of nitrogens with zero attached hydrogens (tertiary/aromatic N) is 5. The summed E-state index contributed by atoms with van der Waals surface area (Å²) >= 11 is 1.50. The number of amides is 3. The van der Waals surface area contributed by atoms with Gasteiger partial charge in [0.1, 0.15) is 11.6 Å². The fraction of sp³-hybridized carbons (Fsp3) is 0.485. The molecule has 0 radical (unpaired) electrons. The summed E-state index contributed by atoms with van der Waals surface area (Å²) in [4.78, 5) is 48.5. The number of thiazole rings is 1. The first kappa shape index (κ1) is 32.7. The van der Waals surface area contributed by atoms with Crippen molar-refractivity contribution in [2.75, 3.05) is 25.0 Å². The Labute approximate surface area is 254 Å². The standard InChI is InChI=1S/C33H43N5O3S/c1-10-12-14-37(15-13-11-2)32-35-28(24-17-21(3)16-22(4)18-24)27(42-32)19-25-23(5)26(20-34)30(40)38(29(25)39)36(9)31(41)33(6,7)8/h16-19H,10-15H2,1-9H3/b25-19-. The number of hydrogen-bond acceptors (Lipinski definition) is 7. The Balaban J connectivity index is 2.26. The molecule has 0 saturated heterocycles. The van der Waals surface area contributed by atoms with Crippen LogP contribution < -0.4 is 4.90 Å². The molecule has 224 valence electrons. The predicted molar refractivity (Wildman–Crippen MR) is 169 cm³/mol. The van der Waals surface area contributed by atoms with Crippen LogP contribution in [0.25, 0.3) is 17.3 Å². The molecule has 0 unspecified atom stereocenters. The van der Waals surface area contributed by atoms with Crippen molar-refractivity contribution in [2.45, 2.75) is 81.1 Å². The zero-order valence-corrected chi connectivity index (χ0v) is 27.2. The number of imide groups is 1. The molecule has 0 bridgehead atoms. The highest BCUT2D eigenvalue weighted by atomic mass is 32.1. The van der Waals surface area contributed by atoms with Gasteiger partial charge in [0, 0.05) is 36.7 Å². The molecule has 8 nitrogen and oxygen atoms in total. The van der Waals surface area contributed by atoms with E-state index < -0.39 is 23.1 Å². The van der Waals surface area contributed by atoms with Crippen molar-refractivity contribution in [2.24, 2.45) is 5.41 Å². The number of aryl methyl sites for hydroxylation is 2. The van der Waals surface area contributed by atoms with Gasteiger partial charge < -0.3 is 4.90 Å². The molecule has 2 heterocycles. The van der Waals surface area contributed by atoms with Crippen molar-refractivity contribution < 1.29 is 14.4 Å². The van der Waals surface area contributed by atoms with Crippen LogP contribution in [0.5, 0.6) is 0 Å². The summed E-state index contributed by atoms with van der Waals surface area (Å²) in [5.41, 5.74) is 3.35. The van der Waals surface area contributed by atoms with Gasteiger partial charge in [0.2, 0.25) is 5.91 Å². The molecule has 1 aromatic heterocycles. The topological polar surface area (TPSA) is 97.6 Å². The Morgan fingerprint density at radius 3 is 2.10 bits per heavy atom. The SMILES string of the molecule is CCCCN(CCCC)c1nc(-c2cc(C)cc(C)c2)c(/C=C2\C(=O)N(N(C)C(=O)C(C)(C)C)C(=O)C(C#N)=C2C)s1. The van der Waals surface area contributed by atoms with Crippen LogP contribution in [0.1, 0.15) is 83.2 Å². The second kappa shape index (κ2) is 13.5. The first-order valence-corrected chi connectivity index (χ1v) is 15.4. The van der Waals surface area contributed by atoms with Crippen LogP contribution in [0.2, 0.25) is 0 Å². The van der Waals surface area contributed by atoms with E-state index in [9.17, 15) is 19.6 Å². The van der Waals surface area contributed by atoms with Crippen molar-refractivity contribution in [1.29, 1.82) is 5.26 Å². The number of hydrazine groups is 1. The number of benzene rings is 1. The number of carbonyl (C=O) groups is 3. The molecule has 42 heavy (non-hydrogen) atoms. The van der Waals surface area contributed by atoms with E-state index >= 15 is 0 Å². The van der Waals surface area contributed by atoms with E-state index in [2.05, 4.69) is 36.9 Å². The smallest absolute Gasteiger partial charge is 0.290 e. The molecule has 0 saturated carbocycles. The molecule has 1 aliphatic rings. The Bertz CT molecular complexity index is 1440. The number of aromatic nitrogens is 1. The molecule has 1 aromatic carbocycles. The molecule has 0 atom stereocenters. The lowest BCUT2D eigenvalue weighted by molar-refractivity contribution is -0.171. The molecule has 0 N–H and O–H groups in total.